The largest absolute Gasteiger partial charge is 0.469 e. The van der Waals surface area contributed by atoms with Crippen molar-refractivity contribution < 1.29 is 19.1 Å². The average Bonchev–Trinajstić information content (AvgIpc) is 2.66. The molecule has 0 amide bonds. The maximum atomic E-state index is 11.7. The number of carbonyl (C=O) groups excluding carboxylic acids is 2. The van der Waals surface area contributed by atoms with Gasteiger partial charge in [-0.05, 0) is 33.3 Å². The molecular weight excluding hydrogens is 246 g/mol. The minimum absolute atomic E-state index is 0.215. The predicted molar refractivity (Wildman–Crippen MR) is 71.1 cm³/mol. The van der Waals surface area contributed by atoms with Gasteiger partial charge in [-0.25, -0.2) is 4.79 Å². The monoisotopic (exact) mass is 267 g/mol. The smallest absolute Gasteiger partial charge is 0.339 e. The van der Waals surface area contributed by atoms with Gasteiger partial charge in [-0.3, -0.25) is 4.79 Å². The number of ether oxygens (including phenoxy) is 2. The van der Waals surface area contributed by atoms with E-state index in [0.717, 1.165) is 11.4 Å². The molecule has 5 heteroatoms. The lowest BCUT2D eigenvalue weighted by Gasteiger charge is -2.09. The SMILES string of the molecule is CCOC(=O)c1cc(C)n(CCCC(=O)OC)c1C. The molecule has 106 valence electrons. The molecule has 0 N–H and O–H groups in total. The highest BCUT2D eigenvalue weighted by atomic mass is 16.5. The molecule has 0 radical (unpaired) electrons. The number of methoxy groups -OCH3 is 1. The van der Waals surface area contributed by atoms with E-state index in [1.165, 1.54) is 7.11 Å². The normalized spacial score (nSPS) is 10.3. The van der Waals surface area contributed by atoms with Crippen LogP contribution in [0.25, 0.3) is 0 Å². The summed E-state index contributed by atoms with van der Waals surface area (Å²) in [4.78, 5) is 22.8. The maximum absolute atomic E-state index is 11.7. The summed E-state index contributed by atoms with van der Waals surface area (Å²) < 4.78 is 11.6. The van der Waals surface area contributed by atoms with Gasteiger partial charge in [0.1, 0.15) is 0 Å². The number of esters is 2. The van der Waals surface area contributed by atoms with E-state index in [-0.39, 0.29) is 11.9 Å². The summed E-state index contributed by atoms with van der Waals surface area (Å²) in [5.41, 5.74) is 2.46. The van der Waals surface area contributed by atoms with Crippen molar-refractivity contribution in [2.75, 3.05) is 13.7 Å². The lowest BCUT2D eigenvalue weighted by atomic mass is 10.2. The van der Waals surface area contributed by atoms with E-state index in [0.29, 0.717) is 31.6 Å². The third-order valence-corrected chi connectivity index (χ3v) is 3.06. The van der Waals surface area contributed by atoms with E-state index in [1.807, 2.05) is 24.5 Å². The Morgan fingerprint density at radius 3 is 2.58 bits per heavy atom. The Kier molecular flexibility index (Phi) is 5.60. The number of hydrogen-bond donors (Lipinski definition) is 0. The highest BCUT2D eigenvalue weighted by Crippen LogP contribution is 2.17. The number of carbonyl (C=O) groups is 2. The molecule has 0 atom stereocenters. The van der Waals surface area contributed by atoms with Crippen LogP contribution in [0.1, 0.15) is 41.5 Å². The summed E-state index contributed by atoms with van der Waals surface area (Å²) >= 11 is 0. The molecule has 0 spiro atoms. The first-order valence-electron chi connectivity index (χ1n) is 6.41. The quantitative estimate of drug-likeness (QED) is 0.742. The Balaban J connectivity index is 2.74. The molecule has 1 heterocycles. The van der Waals surface area contributed by atoms with Gasteiger partial charge < -0.3 is 14.0 Å². The first-order chi connectivity index (χ1) is 9.01. The van der Waals surface area contributed by atoms with E-state index in [4.69, 9.17) is 4.74 Å². The van der Waals surface area contributed by atoms with Gasteiger partial charge in [-0.15, -0.1) is 0 Å². The van der Waals surface area contributed by atoms with Crippen LogP contribution in [0.4, 0.5) is 0 Å². The van der Waals surface area contributed by atoms with Crippen molar-refractivity contribution in [3.63, 3.8) is 0 Å². The molecule has 0 saturated heterocycles. The van der Waals surface area contributed by atoms with E-state index in [2.05, 4.69) is 4.74 Å². The van der Waals surface area contributed by atoms with Crippen LogP contribution in [-0.2, 0) is 20.8 Å². The number of aromatic nitrogens is 1. The van der Waals surface area contributed by atoms with Crippen molar-refractivity contribution >= 4 is 11.9 Å². The van der Waals surface area contributed by atoms with Crippen LogP contribution < -0.4 is 0 Å². The third kappa shape index (κ3) is 3.84. The van der Waals surface area contributed by atoms with Crippen molar-refractivity contribution in [1.82, 2.24) is 4.57 Å². The van der Waals surface area contributed by atoms with E-state index < -0.39 is 0 Å². The van der Waals surface area contributed by atoms with Gasteiger partial charge in [-0.1, -0.05) is 0 Å². The van der Waals surface area contributed by atoms with Gasteiger partial charge in [-0.2, -0.15) is 0 Å². The summed E-state index contributed by atoms with van der Waals surface area (Å²) in [5, 5.41) is 0. The summed E-state index contributed by atoms with van der Waals surface area (Å²) in [6.07, 6.45) is 1.06. The van der Waals surface area contributed by atoms with Crippen LogP contribution in [-0.4, -0.2) is 30.2 Å². The van der Waals surface area contributed by atoms with Crippen LogP contribution in [0.3, 0.4) is 0 Å². The molecule has 0 fully saturated rings. The Morgan fingerprint density at radius 1 is 1.32 bits per heavy atom. The van der Waals surface area contributed by atoms with Crippen molar-refractivity contribution in [3.05, 3.63) is 23.0 Å². The second kappa shape index (κ2) is 6.97. The molecule has 1 rings (SSSR count). The minimum Gasteiger partial charge on any atom is -0.469 e. The zero-order chi connectivity index (χ0) is 14.4. The zero-order valence-electron chi connectivity index (χ0n) is 12.0. The fourth-order valence-electron chi connectivity index (χ4n) is 2.04. The molecule has 0 bridgehead atoms. The molecule has 0 aliphatic carbocycles. The van der Waals surface area contributed by atoms with Crippen molar-refractivity contribution in [2.45, 2.75) is 40.2 Å². The second-order valence-electron chi connectivity index (χ2n) is 4.34. The fourth-order valence-corrected chi connectivity index (χ4v) is 2.04. The van der Waals surface area contributed by atoms with Crippen LogP contribution in [0.15, 0.2) is 6.07 Å². The van der Waals surface area contributed by atoms with Crippen molar-refractivity contribution in [3.8, 4) is 0 Å². The Morgan fingerprint density at radius 2 is 2.00 bits per heavy atom. The number of rotatable bonds is 6. The van der Waals surface area contributed by atoms with Crippen molar-refractivity contribution in [2.24, 2.45) is 0 Å². The van der Waals surface area contributed by atoms with Gasteiger partial charge in [0.05, 0.1) is 19.3 Å². The molecular formula is C14H21NO4. The highest BCUT2D eigenvalue weighted by molar-refractivity contribution is 5.91. The molecule has 0 aliphatic rings. The van der Waals surface area contributed by atoms with Gasteiger partial charge in [0.2, 0.25) is 0 Å². The molecule has 1 aromatic rings. The van der Waals surface area contributed by atoms with Gasteiger partial charge in [0, 0.05) is 24.4 Å². The summed E-state index contributed by atoms with van der Waals surface area (Å²) in [6, 6.07) is 1.82. The molecule has 0 aromatic carbocycles. The van der Waals surface area contributed by atoms with E-state index in [1.54, 1.807) is 6.92 Å². The molecule has 5 nitrogen and oxygen atoms in total. The fraction of sp³-hybridized carbons (Fsp3) is 0.571. The van der Waals surface area contributed by atoms with Gasteiger partial charge >= 0.3 is 11.9 Å². The summed E-state index contributed by atoms with van der Waals surface area (Å²) in [7, 11) is 1.38. The topological polar surface area (TPSA) is 57.5 Å². The number of aryl methyl sites for hydroxylation is 1. The molecule has 0 unspecified atom stereocenters. The molecule has 0 aliphatic heterocycles. The second-order valence-corrected chi connectivity index (χ2v) is 4.34. The summed E-state index contributed by atoms with van der Waals surface area (Å²) in [5.74, 6) is -0.511. The van der Waals surface area contributed by atoms with Crippen LogP contribution in [0.5, 0.6) is 0 Å². The van der Waals surface area contributed by atoms with Crippen molar-refractivity contribution in [1.29, 1.82) is 0 Å². The van der Waals surface area contributed by atoms with Crippen LogP contribution >= 0.6 is 0 Å². The van der Waals surface area contributed by atoms with Crippen LogP contribution in [0.2, 0.25) is 0 Å². The Labute approximate surface area is 113 Å². The minimum atomic E-state index is -0.296. The first-order valence-corrected chi connectivity index (χ1v) is 6.41. The number of nitrogens with zero attached hydrogens (tertiary/aromatic N) is 1. The Hall–Kier alpha value is -1.78. The number of hydrogen-bond acceptors (Lipinski definition) is 4. The predicted octanol–water partition coefficient (Wildman–Crippen LogP) is 2.23. The zero-order valence-corrected chi connectivity index (χ0v) is 12.0. The van der Waals surface area contributed by atoms with E-state index >= 15 is 0 Å². The third-order valence-electron chi connectivity index (χ3n) is 3.06. The molecule has 0 saturated carbocycles. The first kappa shape index (κ1) is 15.3. The highest BCUT2D eigenvalue weighted by Gasteiger charge is 2.16. The van der Waals surface area contributed by atoms with Crippen LogP contribution in [0, 0.1) is 13.8 Å². The molecule has 1 aromatic heterocycles. The van der Waals surface area contributed by atoms with Gasteiger partial charge in [0.15, 0.2) is 0 Å². The Bertz CT molecular complexity index is 462. The van der Waals surface area contributed by atoms with E-state index in [9.17, 15) is 9.59 Å². The maximum Gasteiger partial charge on any atom is 0.339 e. The average molecular weight is 267 g/mol. The standard InChI is InChI=1S/C14H21NO4/c1-5-19-14(17)12-9-10(2)15(11(12)3)8-6-7-13(16)18-4/h9H,5-8H2,1-4H3. The lowest BCUT2D eigenvalue weighted by molar-refractivity contribution is -0.140. The molecule has 19 heavy (non-hydrogen) atoms. The van der Waals surface area contributed by atoms with Gasteiger partial charge in [0.25, 0.3) is 0 Å². The summed E-state index contributed by atoms with van der Waals surface area (Å²) in [6.45, 7) is 6.66. The lowest BCUT2D eigenvalue weighted by Crippen LogP contribution is -2.09.